The number of fused-ring (bicyclic) bond motifs is 3. The van der Waals surface area contributed by atoms with Crippen LogP contribution in [0.4, 0.5) is 4.79 Å². The van der Waals surface area contributed by atoms with Gasteiger partial charge in [0.2, 0.25) is 0 Å². The molecule has 1 aliphatic rings. The first-order valence-corrected chi connectivity index (χ1v) is 27.1. The lowest BCUT2D eigenvalue weighted by molar-refractivity contribution is -0.143. The van der Waals surface area contributed by atoms with Crippen molar-refractivity contribution in [3.05, 3.63) is 84.0 Å². The van der Waals surface area contributed by atoms with Crippen molar-refractivity contribution in [1.82, 2.24) is 4.90 Å². The fraction of sp³-hybridized carbons (Fsp3) is 0.679. The Morgan fingerprint density at radius 1 is 0.581 bits per heavy atom. The zero-order valence-electron chi connectivity index (χ0n) is 39.8. The number of carboxylic acid groups (broad SMARTS) is 1. The number of carboxylic acids is 1. The molecular formula is C56H89NO4S. The van der Waals surface area contributed by atoms with Gasteiger partial charge in [0.1, 0.15) is 12.6 Å². The fourth-order valence-corrected chi connectivity index (χ4v) is 9.77. The maximum atomic E-state index is 14.4. The molecule has 0 radical (unpaired) electrons. The maximum Gasteiger partial charge on any atom is 0.410 e. The molecule has 2 aromatic rings. The summed E-state index contributed by atoms with van der Waals surface area (Å²) in [4.78, 5) is 29.1. The minimum Gasteiger partial charge on any atom is -0.480 e. The molecule has 0 aliphatic heterocycles. The van der Waals surface area contributed by atoms with Crippen LogP contribution < -0.4 is 0 Å². The van der Waals surface area contributed by atoms with Crippen molar-refractivity contribution >= 4 is 23.8 Å². The molecule has 1 amide bonds. The van der Waals surface area contributed by atoms with Crippen LogP contribution in [0.5, 0.6) is 0 Å². The Morgan fingerprint density at radius 3 is 1.37 bits per heavy atom. The third-order valence-electron chi connectivity index (χ3n) is 13.0. The van der Waals surface area contributed by atoms with Crippen LogP contribution in [-0.4, -0.2) is 52.8 Å². The van der Waals surface area contributed by atoms with Crippen LogP contribution in [0.1, 0.15) is 224 Å². The van der Waals surface area contributed by atoms with E-state index in [2.05, 4.69) is 74.5 Å². The number of nitrogens with zero attached hydrogens (tertiary/aromatic N) is 1. The van der Waals surface area contributed by atoms with Crippen LogP contribution in [0.2, 0.25) is 0 Å². The number of thioether (sulfide) groups is 1. The van der Waals surface area contributed by atoms with Gasteiger partial charge in [0.05, 0.1) is 0 Å². The van der Waals surface area contributed by atoms with Crippen molar-refractivity contribution in [1.29, 1.82) is 0 Å². The van der Waals surface area contributed by atoms with E-state index in [9.17, 15) is 14.7 Å². The van der Waals surface area contributed by atoms with Crippen molar-refractivity contribution < 1.29 is 19.4 Å². The molecule has 2 atom stereocenters. The molecule has 0 fully saturated rings. The van der Waals surface area contributed by atoms with Crippen molar-refractivity contribution in [2.45, 2.75) is 224 Å². The summed E-state index contributed by atoms with van der Waals surface area (Å²) in [6.45, 7) is 4.75. The summed E-state index contributed by atoms with van der Waals surface area (Å²) < 4.78 is 6.26. The van der Waals surface area contributed by atoms with Gasteiger partial charge in [-0.1, -0.05) is 209 Å². The molecule has 5 nitrogen and oxygen atoms in total. The van der Waals surface area contributed by atoms with Gasteiger partial charge >= 0.3 is 12.1 Å². The molecule has 0 spiro atoms. The lowest BCUT2D eigenvalue weighted by Gasteiger charge is -2.36. The standard InChI is InChI=1S/C56H89NO4S/c1-4-6-8-10-12-14-16-18-20-22-24-26-28-30-32-34-40-48(39-33-31-29-27-25-23-21-19-17-15-13-11-9-7-5-2)57(54(55(58)59)45-46-62-3)56(60)61-47-53-51-43-37-35-41-49(51)50-42-36-38-44-52(50)53/h18-21,35-38,41-44,48,53-54H,4-17,22-34,39-40,45-47H2,1-3H3,(H,58,59)/b20-18-,21-19-/t48?,54-/m0/s1. The summed E-state index contributed by atoms with van der Waals surface area (Å²) >= 11 is 1.64. The van der Waals surface area contributed by atoms with Crippen LogP contribution >= 0.6 is 11.8 Å². The first-order valence-electron chi connectivity index (χ1n) is 25.7. The Hall–Kier alpha value is -2.99. The number of hydrogen-bond donors (Lipinski definition) is 1. The Kier molecular flexibility index (Phi) is 30.4. The molecule has 2 aromatic carbocycles. The third kappa shape index (κ3) is 21.6. The molecule has 0 saturated heterocycles. The molecule has 0 aromatic heterocycles. The van der Waals surface area contributed by atoms with E-state index in [1.807, 2.05) is 18.4 Å². The normalized spacial score (nSPS) is 13.5. The Bertz CT molecular complexity index is 1460. The second-order valence-corrected chi connectivity index (χ2v) is 19.1. The van der Waals surface area contributed by atoms with Crippen LogP contribution in [-0.2, 0) is 9.53 Å². The van der Waals surface area contributed by atoms with Gasteiger partial charge in [0.25, 0.3) is 0 Å². The number of benzene rings is 2. The molecule has 1 N–H and O–H groups in total. The van der Waals surface area contributed by atoms with E-state index in [1.165, 1.54) is 164 Å². The predicted molar refractivity (Wildman–Crippen MR) is 269 cm³/mol. The number of amides is 1. The Labute approximate surface area is 384 Å². The minimum atomic E-state index is -0.928. The number of hydrogen-bond acceptors (Lipinski definition) is 4. The molecule has 62 heavy (non-hydrogen) atoms. The molecule has 0 heterocycles. The van der Waals surface area contributed by atoms with E-state index in [-0.39, 0.29) is 18.6 Å². The SMILES string of the molecule is CCCCCCCC/C=C\CCCCCCCCC(CCCCCCC/C=C\CCCCCCCC)N(C(=O)OCC1c2ccccc2-c2ccccc21)[C@@H](CCSC)C(=O)O. The highest BCUT2D eigenvalue weighted by molar-refractivity contribution is 7.98. The van der Waals surface area contributed by atoms with Gasteiger partial charge in [-0.3, -0.25) is 4.90 Å². The highest BCUT2D eigenvalue weighted by Crippen LogP contribution is 2.44. The lowest BCUT2D eigenvalue weighted by atomic mass is 9.97. The Morgan fingerprint density at radius 2 is 0.968 bits per heavy atom. The van der Waals surface area contributed by atoms with E-state index in [0.29, 0.717) is 12.2 Å². The summed E-state index contributed by atoms with van der Waals surface area (Å²) in [7, 11) is 0. The topological polar surface area (TPSA) is 66.8 Å². The van der Waals surface area contributed by atoms with Gasteiger partial charge in [0, 0.05) is 12.0 Å². The molecule has 348 valence electrons. The molecule has 3 rings (SSSR count). The highest BCUT2D eigenvalue weighted by atomic mass is 32.2. The predicted octanol–water partition coefficient (Wildman–Crippen LogP) is 17.3. The Balaban J connectivity index is 1.56. The van der Waals surface area contributed by atoms with Crippen molar-refractivity contribution in [2.75, 3.05) is 18.6 Å². The quantitative estimate of drug-likeness (QED) is 0.0535. The number of aliphatic carboxylic acids is 1. The monoisotopic (exact) mass is 872 g/mol. The average molecular weight is 872 g/mol. The summed E-state index contributed by atoms with van der Waals surface area (Å²) in [5, 5.41) is 10.7. The second kappa shape index (κ2) is 35.4. The maximum absolute atomic E-state index is 14.4. The van der Waals surface area contributed by atoms with E-state index in [0.717, 1.165) is 44.9 Å². The number of rotatable bonds is 39. The molecular weight excluding hydrogens is 783 g/mol. The molecule has 0 bridgehead atoms. The number of unbranched alkanes of at least 4 members (excludes halogenated alkanes) is 23. The fourth-order valence-electron chi connectivity index (χ4n) is 9.31. The van der Waals surface area contributed by atoms with Crippen LogP contribution in [0.25, 0.3) is 11.1 Å². The van der Waals surface area contributed by atoms with Gasteiger partial charge in [-0.15, -0.1) is 0 Å². The number of allylic oxidation sites excluding steroid dienone is 4. The van der Waals surface area contributed by atoms with Crippen molar-refractivity contribution in [3.8, 4) is 11.1 Å². The summed E-state index contributed by atoms with van der Waals surface area (Å²) in [6, 6.07) is 15.7. The summed E-state index contributed by atoms with van der Waals surface area (Å²) in [5.41, 5.74) is 4.70. The molecule has 0 saturated carbocycles. The van der Waals surface area contributed by atoms with Crippen molar-refractivity contribution in [3.63, 3.8) is 0 Å². The van der Waals surface area contributed by atoms with Gasteiger partial charge in [0.15, 0.2) is 0 Å². The van der Waals surface area contributed by atoms with Crippen LogP contribution in [0.15, 0.2) is 72.8 Å². The van der Waals surface area contributed by atoms with E-state index in [4.69, 9.17) is 4.74 Å². The smallest absolute Gasteiger partial charge is 0.410 e. The van der Waals surface area contributed by atoms with Gasteiger partial charge in [-0.2, -0.15) is 11.8 Å². The van der Waals surface area contributed by atoms with E-state index >= 15 is 0 Å². The van der Waals surface area contributed by atoms with Crippen LogP contribution in [0, 0.1) is 0 Å². The summed E-state index contributed by atoms with van der Waals surface area (Å²) in [6.07, 6.45) is 46.8. The van der Waals surface area contributed by atoms with E-state index < -0.39 is 18.1 Å². The zero-order chi connectivity index (χ0) is 44.3. The first-order chi connectivity index (χ1) is 30.5. The highest BCUT2D eigenvalue weighted by Gasteiger charge is 2.37. The molecule has 1 unspecified atom stereocenters. The molecule has 6 heteroatoms. The largest absolute Gasteiger partial charge is 0.480 e. The molecule has 1 aliphatic carbocycles. The zero-order valence-corrected chi connectivity index (χ0v) is 40.6. The first kappa shape index (κ1) is 53.3. The number of carbonyl (C=O) groups excluding carboxylic acids is 1. The average Bonchev–Trinajstić information content (AvgIpc) is 3.60. The van der Waals surface area contributed by atoms with Crippen molar-refractivity contribution in [2.24, 2.45) is 0 Å². The second-order valence-electron chi connectivity index (χ2n) is 18.1. The summed E-state index contributed by atoms with van der Waals surface area (Å²) in [5.74, 6) is -0.316. The van der Waals surface area contributed by atoms with Gasteiger partial charge in [-0.05, 0) is 105 Å². The lowest BCUT2D eigenvalue weighted by Crippen LogP contribution is -2.51. The van der Waals surface area contributed by atoms with Crippen LogP contribution in [0.3, 0.4) is 0 Å². The third-order valence-corrected chi connectivity index (χ3v) is 13.6. The number of carbonyl (C=O) groups is 2. The minimum absolute atomic E-state index is 0.0673. The number of ether oxygens (including phenoxy) is 1. The van der Waals surface area contributed by atoms with Gasteiger partial charge < -0.3 is 9.84 Å². The van der Waals surface area contributed by atoms with E-state index in [1.54, 1.807) is 16.7 Å². The van der Waals surface area contributed by atoms with Gasteiger partial charge in [-0.25, -0.2) is 9.59 Å².